The van der Waals surface area contributed by atoms with Gasteiger partial charge < -0.3 is 14.6 Å². The van der Waals surface area contributed by atoms with E-state index in [1.807, 2.05) is 30.3 Å². The van der Waals surface area contributed by atoms with Gasteiger partial charge in [-0.25, -0.2) is 0 Å². The predicted octanol–water partition coefficient (Wildman–Crippen LogP) is 7.06. The number of aliphatic hydroxyl groups excluding tert-OH is 1. The van der Waals surface area contributed by atoms with E-state index in [9.17, 15) is 5.11 Å². The number of unbranched alkanes of at least 4 members (excludes halogenated alkanes) is 13. The first-order valence-electron chi connectivity index (χ1n) is 12.2. The summed E-state index contributed by atoms with van der Waals surface area (Å²) in [6.45, 7) is 4.04. The van der Waals surface area contributed by atoms with Crippen molar-refractivity contribution in [3.8, 4) is 0 Å². The van der Waals surface area contributed by atoms with Crippen LogP contribution in [0.15, 0.2) is 30.3 Å². The molecule has 0 aliphatic rings. The van der Waals surface area contributed by atoms with Crippen molar-refractivity contribution in [3.05, 3.63) is 35.9 Å². The van der Waals surface area contributed by atoms with E-state index >= 15 is 0 Å². The fourth-order valence-electron chi connectivity index (χ4n) is 3.58. The first-order chi connectivity index (χ1) is 14.4. The number of hydrogen-bond donors (Lipinski definition) is 1. The highest BCUT2D eigenvalue weighted by molar-refractivity contribution is 5.13. The Hall–Kier alpha value is -0.900. The minimum atomic E-state index is -0.208. The van der Waals surface area contributed by atoms with Crippen molar-refractivity contribution in [2.45, 2.75) is 110 Å². The molecule has 0 amide bonds. The lowest BCUT2D eigenvalue weighted by atomic mass is 10.0. The first-order valence-corrected chi connectivity index (χ1v) is 12.2. The summed E-state index contributed by atoms with van der Waals surface area (Å²) in [6.07, 6.45) is 18.8. The molecule has 0 aromatic heterocycles. The van der Waals surface area contributed by atoms with Crippen LogP contribution in [0.25, 0.3) is 0 Å². The normalized spacial score (nSPS) is 12.3. The van der Waals surface area contributed by atoms with E-state index in [2.05, 4.69) is 6.92 Å². The lowest BCUT2D eigenvalue weighted by Gasteiger charge is -2.15. The summed E-state index contributed by atoms with van der Waals surface area (Å²) in [6, 6.07) is 10.1. The lowest BCUT2D eigenvalue weighted by molar-refractivity contribution is -0.0473. The smallest absolute Gasteiger partial charge is 0.104 e. The van der Waals surface area contributed by atoms with E-state index in [1.54, 1.807) is 0 Å². The van der Waals surface area contributed by atoms with Crippen LogP contribution in [0.3, 0.4) is 0 Å². The topological polar surface area (TPSA) is 38.7 Å². The number of aliphatic hydroxyl groups is 1. The van der Waals surface area contributed by atoms with E-state index in [-0.39, 0.29) is 12.7 Å². The van der Waals surface area contributed by atoms with Gasteiger partial charge in [-0.3, -0.25) is 0 Å². The molecule has 1 rings (SSSR count). The van der Waals surface area contributed by atoms with Crippen molar-refractivity contribution in [2.24, 2.45) is 0 Å². The van der Waals surface area contributed by atoms with Gasteiger partial charge >= 0.3 is 0 Å². The molecule has 29 heavy (non-hydrogen) atoms. The predicted molar refractivity (Wildman–Crippen MR) is 123 cm³/mol. The van der Waals surface area contributed by atoms with Crippen LogP contribution >= 0.6 is 0 Å². The van der Waals surface area contributed by atoms with Crippen LogP contribution < -0.4 is 0 Å². The Labute approximate surface area is 180 Å². The molecular formula is C26H46O3. The Bertz CT molecular complexity index is 435. The highest BCUT2D eigenvalue weighted by atomic mass is 16.5. The summed E-state index contributed by atoms with van der Waals surface area (Å²) in [7, 11) is 0. The molecular weight excluding hydrogens is 360 g/mol. The minimum absolute atomic E-state index is 0.0212. The molecule has 0 saturated heterocycles. The van der Waals surface area contributed by atoms with Gasteiger partial charge in [0.1, 0.15) is 6.10 Å². The molecule has 0 bridgehead atoms. The standard InChI is InChI=1S/C26H46O3/c1-2-3-4-5-6-7-8-9-10-11-12-13-14-18-21-29-26(22-27)24-28-23-25-19-16-15-17-20-25/h15-17,19-20,26-27H,2-14,18,21-24H2,1H3/t26-/m1/s1. The Morgan fingerprint density at radius 2 is 1.24 bits per heavy atom. The van der Waals surface area contributed by atoms with Crippen molar-refractivity contribution < 1.29 is 14.6 Å². The molecule has 168 valence electrons. The SMILES string of the molecule is CCCCCCCCCCCCCCCCO[C@H](CO)COCc1ccccc1. The van der Waals surface area contributed by atoms with Crippen LogP contribution in [0.2, 0.25) is 0 Å². The van der Waals surface area contributed by atoms with Gasteiger partial charge in [0, 0.05) is 6.61 Å². The monoisotopic (exact) mass is 406 g/mol. The first kappa shape index (κ1) is 26.1. The van der Waals surface area contributed by atoms with Crippen molar-refractivity contribution in [1.82, 2.24) is 0 Å². The average Bonchev–Trinajstić information content (AvgIpc) is 2.76. The van der Waals surface area contributed by atoms with E-state index in [1.165, 1.54) is 83.5 Å². The van der Waals surface area contributed by atoms with Crippen LogP contribution in [0.5, 0.6) is 0 Å². The number of rotatable bonds is 21. The molecule has 0 fully saturated rings. The van der Waals surface area contributed by atoms with Crippen LogP contribution in [0.1, 0.15) is 102 Å². The summed E-state index contributed by atoms with van der Waals surface area (Å²) < 4.78 is 11.4. The molecule has 0 aliphatic heterocycles. The summed E-state index contributed by atoms with van der Waals surface area (Å²) in [5.41, 5.74) is 1.15. The Morgan fingerprint density at radius 1 is 0.724 bits per heavy atom. The van der Waals surface area contributed by atoms with Gasteiger partial charge in [-0.05, 0) is 12.0 Å². The van der Waals surface area contributed by atoms with Gasteiger partial charge in [-0.15, -0.1) is 0 Å². The highest BCUT2D eigenvalue weighted by Gasteiger charge is 2.07. The van der Waals surface area contributed by atoms with Gasteiger partial charge in [-0.1, -0.05) is 121 Å². The van der Waals surface area contributed by atoms with Crippen LogP contribution in [0.4, 0.5) is 0 Å². The van der Waals surface area contributed by atoms with Gasteiger partial charge in [0.05, 0.1) is 19.8 Å². The third-order valence-electron chi connectivity index (χ3n) is 5.47. The largest absolute Gasteiger partial charge is 0.394 e. The molecule has 1 aromatic rings. The molecule has 0 spiro atoms. The summed E-state index contributed by atoms with van der Waals surface area (Å²) in [5, 5.41) is 9.43. The fourth-order valence-corrected chi connectivity index (χ4v) is 3.58. The number of hydrogen-bond acceptors (Lipinski definition) is 3. The second-order valence-corrected chi connectivity index (χ2v) is 8.27. The second kappa shape index (κ2) is 20.4. The molecule has 1 atom stereocenters. The molecule has 3 nitrogen and oxygen atoms in total. The summed E-state index contributed by atoms with van der Waals surface area (Å²) in [5.74, 6) is 0. The van der Waals surface area contributed by atoms with Gasteiger partial charge in [0.25, 0.3) is 0 Å². The third kappa shape index (κ3) is 16.6. The molecule has 0 saturated carbocycles. The highest BCUT2D eigenvalue weighted by Crippen LogP contribution is 2.13. The zero-order valence-electron chi connectivity index (χ0n) is 19.0. The van der Waals surface area contributed by atoms with Crippen LogP contribution in [-0.2, 0) is 16.1 Å². The molecule has 3 heteroatoms. The maximum absolute atomic E-state index is 9.43. The van der Waals surface area contributed by atoms with E-state index in [0.717, 1.165) is 18.6 Å². The number of ether oxygens (including phenoxy) is 2. The molecule has 0 aliphatic carbocycles. The second-order valence-electron chi connectivity index (χ2n) is 8.27. The van der Waals surface area contributed by atoms with Gasteiger partial charge in [0.15, 0.2) is 0 Å². The van der Waals surface area contributed by atoms with Gasteiger partial charge in [-0.2, -0.15) is 0 Å². The third-order valence-corrected chi connectivity index (χ3v) is 5.47. The summed E-state index contributed by atoms with van der Waals surface area (Å²) in [4.78, 5) is 0. The van der Waals surface area contributed by atoms with E-state index < -0.39 is 0 Å². The maximum atomic E-state index is 9.43. The Morgan fingerprint density at radius 3 is 1.76 bits per heavy atom. The zero-order valence-corrected chi connectivity index (χ0v) is 19.0. The van der Waals surface area contributed by atoms with Crippen LogP contribution in [0, 0.1) is 0 Å². The van der Waals surface area contributed by atoms with Crippen molar-refractivity contribution in [2.75, 3.05) is 19.8 Å². The number of benzene rings is 1. The Balaban J connectivity index is 1.82. The maximum Gasteiger partial charge on any atom is 0.104 e. The minimum Gasteiger partial charge on any atom is -0.394 e. The van der Waals surface area contributed by atoms with Crippen molar-refractivity contribution in [3.63, 3.8) is 0 Å². The van der Waals surface area contributed by atoms with E-state index in [0.29, 0.717) is 13.2 Å². The van der Waals surface area contributed by atoms with Crippen LogP contribution in [-0.4, -0.2) is 31.0 Å². The fraction of sp³-hybridized carbons (Fsp3) is 0.769. The zero-order chi connectivity index (χ0) is 20.8. The Kier molecular flexibility index (Phi) is 18.4. The molecule has 0 heterocycles. The summed E-state index contributed by atoms with van der Waals surface area (Å²) >= 11 is 0. The molecule has 0 radical (unpaired) electrons. The van der Waals surface area contributed by atoms with Crippen molar-refractivity contribution in [1.29, 1.82) is 0 Å². The average molecular weight is 407 g/mol. The molecule has 1 N–H and O–H groups in total. The quantitative estimate of drug-likeness (QED) is 0.222. The lowest BCUT2D eigenvalue weighted by Crippen LogP contribution is -2.24. The molecule has 1 aromatic carbocycles. The van der Waals surface area contributed by atoms with Crippen molar-refractivity contribution >= 4 is 0 Å². The van der Waals surface area contributed by atoms with E-state index in [4.69, 9.17) is 9.47 Å². The van der Waals surface area contributed by atoms with Gasteiger partial charge in [0.2, 0.25) is 0 Å². The molecule has 0 unspecified atom stereocenters.